The van der Waals surface area contributed by atoms with Crippen LogP contribution in [0, 0.1) is 11.3 Å². The quantitative estimate of drug-likeness (QED) is 0.441. The molecule has 0 atom stereocenters. The van der Waals surface area contributed by atoms with Gasteiger partial charge in [0.05, 0.1) is 11.3 Å². The summed E-state index contributed by atoms with van der Waals surface area (Å²) in [5.41, 5.74) is -0.883. The molecule has 5 nitrogen and oxygen atoms in total. The molecular weight excluding hydrogens is 389 g/mol. The fourth-order valence-corrected chi connectivity index (χ4v) is 3.73. The highest BCUT2D eigenvalue weighted by Crippen LogP contribution is 2.43. The number of anilines is 2. The highest BCUT2D eigenvalue weighted by molar-refractivity contribution is 7.10. The van der Waals surface area contributed by atoms with Crippen molar-refractivity contribution in [3.05, 3.63) is 70.1 Å². The first-order valence-electron chi connectivity index (χ1n) is 8.05. The number of benzene rings is 2. The molecule has 0 spiro atoms. The van der Waals surface area contributed by atoms with E-state index in [1.807, 2.05) is 6.07 Å². The van der Waals surface area contributed by atoms with Gasteiger partial charge in [0.15, 0.2) is 5.56 Å². The summed E-state index contributed by atoms with van der Waals surface area (Å²) in [7, 11) is 0. The number of hydrogen-bond acceptors (Lipinski definition) is 4. The minimum Gasteiger partial charge on any atom is -0.361 e. The number of halogens is 3. The van der Waals surface area contributed by atoms with Crippen molar-refractivity contribution in [2.75, 3.05) is 5.32 Å². The second kappa shape index (κ2) is 6.58. The molecule has 9 heteroatoms. The maximum atomic E-state index is 14.0. The summed E-state index contributed by atoms with van der Waals surface area (Å²) < 4.78 is 44.2. The van der Waals surface area contributed by atoms with Crippen molar-refractivity contribution in [3.8, 4) is 17.2 Å². The fourth-order valence-electron chi connectivity index (χ4n) is 3.03. The van der Waals surface area contributed by atoms with E-state index in [-0.39, 0.29) is 21.8 Å². The third-order valence-corrected chi connectivity index (χ3v) is 5.07. The van der Waals surface area contributed by atoms with Crippen LogP contribution in [0.3, 0.4) is 0 Å². The van der Waals surface area contributed by atoms with Crippen molar-refractivity contribution in [1.29, 1.82) is 5.26 Å². The first-order chi connectivity index (χ1) is 13.4. The average Bonchev–Trinajstić information content (AvgIpc) is 3.26. The molecule has 28 heavy (non-hydrogen) atoms. The van der Waals surface area contributed by atoms with Gasteiger partial charge in [-0.25, -0.2) is 0 Å². The molecule has 4 rings (SSSR count). The molecule has 140 valence electrons. The number of fused-ring (bicyclic) bond motifs is 1. The van der Waals surface area contributed by atoms with Crippen LogP contribution in [0.15, 0.2) is 53.5 Å². The number of hydrogen-bond donors (Lipinski definition) is 3. The fraction of sp³-hybridized carbons (Fsp3) is 0.0526. The molecule has 0 aliphatic rings. The van der Waals surface area contributed by atoms with E-state index >= 15 is 0 Å². The highest BCUT2D eigenvalue weighted by Gasteiger charge is 2.37. The van der Waals surface area contributed by atoms with Crippen LogP contribution in [-0.4, -0.2) is 9.36 Å². The van der Waals surface area contributed by atoms with Crippen LogP contribution in [0.5, 0.6) is 0 Å². The summed E-state index contributed by atoms with van der Waals surface area (Å²) in [6, 6.07) is 12.7. The molecular formula is C19H11F3N4OS. The monoisotopic (exact) mass is 400 g/mol. The largest absolute Gasteiger partial charge is 0.419 e. The Morgan fingerprint density at radius 2 is 1.96 bits per heavy atom. The van der Waals surface area contributed by atoms with Gasteiger partial charge in [-0.1, -0.05) is 24.3 Å². The molecule has 0 fully saturated rings. The lowest BCUT2D eigenvalue weighted by Crippen LogP contribution is -2.11. The van der Waals surface area contributed by atoms with E-state index in [9.17, 15) is 18.0 Å². The molecule has 0 amide bonds. The lowest BCUT2D eigenvalue weighted by Gasteiger charge is -2.18. The Hall–Kier alpha value is -3.51. The van der Waals surface area contributed by atoms with E-state index in [2.05, 4.69) is 14.7 Å². The summed E-state index contributed by atoms with van der Waals surface area (Å²) >= 11 is 0.776. The molecule has 2 aromatic carbocycles. The zero-order valence-electron chi connectivity index (χ0n) is 14.0. The Morgan fingerprint density at radius 1 is 1.14 bits per heavy atom. The van der Waals surface area contributed by atoms with Gasteiger partial charge in [0.25, 0.3) is 5.56 Å². The maximum absolute atomic E-state index is 14.0. The molecule has 0 aliphatic carbocycles. The number of aromatic nitrogens is 2. The zero-order valence-corrected chi connectivity index (χ0v) is 14.8. The van der Waals surface area contributed by atoms with Gasteiger partial charge < -0.3 is 10.3 Å². The number of alkyl halides is 3. The normalized spacial score (nSPS) is 11.5. The smallest absolute Gasteiger partial charge is 0.361 e. The Balaban J connectivity index is 1.89. The van der Waals surface area contributed by atoms with E-state index in [1.54, 1.807) is 30.5 Å². The molecule has 0 unspecified atom stereocenters. The molecule has 2 heterocycles. The van der Waals surface area contributed by atoms with Gasteiger partial charge in [-0.05, 0) is 46.2 Å². The predicted octanol–water partition coefficient (Wildman–Crippen LogP) is 5.22. The van der Waals surface area contributed by atoms with E-state index < -0.39 is 17.3 Å². The lowest BCUT2D eigenvalue weighted by molar-refractivity contribution is -0.136. The van der Waals surface area contributed by atoms with Gasteiger partial charge in [0, 0.05) is 11.7 Å². The summed E-state index contributed by atoms with van der Waals surface area (Å²) in [6.45, 7) is 0. The molecule has 0 radical (unpaired) electrons. The van der Waals surface area contributed by atoms with Gasteiger partial charge in [-0.3, -0.25) is 9.17 Å². The Labute approximate surface area is 160 Å². The number of rotatable bonds is 3. The third kappa shape index (κ3) is 3.04. The first kappa shape index (κ1) is 17.9. The lowest BCUT2D eigenvalue weighted by atomic mass is 9.97. The number of nitriles is 1. The third-order valence-electron chi connectivity index (χ3n) is 4.27. The van der Waals surface area contributed by atoms with Crippen molar-refractivity contribution in [2.45, 2.75) is 6.18 Å². The SMILES string of the molecule is N#Cc1c(Nc2cccc(-c3ccc4cc[nH]c4c3)c2C(F)(F)F)s[nH]c1=O. The predicted molar refractivity (Wildman–Crippen MR) is 102 cm³/mol. The van der Waals surface area contributed by atoms with Crippen molar-refractivity contribution < 1.29 is 13.2 Å². The zero-order chi connectivity index (χ0) is 19.9. The van der Waals surface area contributed by atoms with Gasteiger partial charge in [-0.2, -0.15) is 18.4 Å². The number of nitrogens with zero attached hydrogens (tertiary/aromatic N) is 1. The van der Waals surface area contributed by atoms with E-state index in [4.69, 9.17) is 5.26 Å². The molecule has 0 saturated carbocycles. The van der Waals surface area contributed by atoms with E-state index in [1.165, 1.54) is 18.2 Å². The van der Waals surface area contributed by atoms with Crippen molar-refractivity contribution >= 4 is 33.1 Å². The summed E-state index contributed by atoms with van der Waals surface area (Å²) in [5.74, 6) is 0. The van der Waals surface area contributed by atoms with Crippen LogP contribution in [0.4, 0.5) is 23.9 Å². The number of aromatic amines is 2. The molecule has 0 saturated heterocycles. The average molecular weight is 400 g/mol. The van der Waals surface area contributed by atoms with Crippen molar-refractivity contribution in [3.63, 3.8) is 0 Å². The molecule has 0 aliphatic heterocycles. The van der Waals surface area contributed by atoms with E-state index in [0.29, 0.717) is 5.56 Å². The van der Waals surface area contributed by atoms with Crippen LogP contribution >= 0.6 is 11.5 Å². The van der Waals surface area contributed by atoms with Gasteiger partial charge in [-0.15, -0.1) is 0 Å². The van der Waals surface area contributed by atoms with Crippen molar-refractivity contribution in [2.24, 2.45) is 0 Å². The molecule has 4 aromatic rings. The number of H-pyrrole nitrogens is 2. The van der Waals surface area contributed by atoms with Crippen LogP contribution in [0.25, 0.3) is 22.0 Å². The molecule has 3 N–H and O–H groups in total. The van der Waals surface area contributed by atoms with Gasteiger partial charge in [0.2, 0.25) is 0 Å². The minimum absolute atomic E-state index is 0.00427. The van der Waals surface area contributed by atoms with Gasteiger partial charge in [0.1, 0.15) is 11.1 Å². The van der Waals surface area contributed by atoms with Crippen LogP contribution < -0.4 is 10.9 Å². The minimum atomic E-state index is -4.66. The molecule has 0 bridgehead atoms. The van der Waals surface area contributed by atoms with Crippen LogP contribution in [-0.2, 0) is 6.18 Å². The van der Waals surface area contributed by atoms with Crippen LogP contribution in [0.1, 0.15) is 11.1 Å². The Kier molecular flexibility index (Phi) is 4.20. The summed E-state index contributed by atoms with van der Waals surface area (Å²) in [6.07, 6.45) is -2.94. The van der Waals surface area contributed by atoms with E-state index in [0.717, 1.165) is 22.4 Å². The second-order valence-electron chi connectivity index (χ2n) is 5.98. The van der Waals surface area contributed by atoms with Crippen LogP contribution in [0.2, 0.25) is 0 Å². The maximum Gasteiger partial charge on any atom is 0.419 e. The number of nitrogens with one attached hydrogen (secondary N) is 3. The summed E-state index contributed by atoms with van der Waals surface area (Å²) in [5, 5.41) is 12.6. The summed E-state index contributed by atoms with van der Waals surface area (Å²) in [4.78, 5) is 14.6. The standard InChI is InChI=1S/C19H11F3N4OS/c20-19(21,22)16-12(11-5-4-10-6-7-24-15(10)8-11)2-1-3-14(16)25-18-13(9-23)17(27)26-28-18/h1-8,24-25H,(H,26,27). The van der Waals surface area contributed by atoms with Gasteiger partial charge >= 0.3 is 6.18 Å². The van der Waals surface area contributed by atoms with Crippen molar-refractivity contribution in [1.82, 2.24) is 9.36 Å². The first-order valence-corrected chi connectivity index (χ1v) is 8.86. The topological polar surface area (TPSA) is 84.5 Å². The second-order valence-corrected chi connectivity index (χ2v) is 6.80. The highest BCUT2D eigenvalue weighted by atomic mass is 32.1. The Morgan fingerprint density at radius 3 is 2.71 bits per heavy atom. The molecule has 2 aromatic heterocycles. The Bertz CT molecular complexity index is 1280.